The van der Waals surface area contributed by atoms with Gasteiger partial charge >= 0.3 is 0 Å². The molecule has 1 rings (SSSR count). The summed E-state index contributed by atoms with van der Waals surface area (Å²) >= 11 is 0. The van der Waals surface area contributed by atoms with Crippen LogP contribution in [0.4, 0.5) is 0 Å². The van der Waals surface area contributed by atoms with Crippen LogP contribution >= 0.6 is 0 Å². The van der Waals surface area contributed by atoms with Crippen LogP contribution in [0.2, 0.25) is 0 Å². The number of rotatable bonds is 9. The summed E-state index contributed by atoms with van der Waals surface area (Å²) in [7, 11) is 1.64. The Morgan fingerprint density at radius 1 is 1.41 bits per heavy atom. The quantitative estimate of drug-likeness (QED) is 0.567. The molecule has 1 amide bonds. The SMILES string of the molecule is COCCOCCNC(=O)CCC1CCNC1. The van der Waals surface area contributed by atoms with Crippen molar-refractivity contribution in [1.29, 1.82) is 0 Å². The van der Waals surface area contributed by atoms with Gasteiger partial charge in [-0.25, -0.2) is 0 Å². The summed E-state index contributed by atoms with van der Waals surface area (Å²) in [6.45, 7) is 4.49. The number of nitrogens with one attached hydrogen (secondary N) is 2. The molecule has 1 fully saturated rings. The van der Waals surface area contributed by atoms with Gasteiger partial charge in [0.15, 0.2) is 0 Å². The number of ether oxygens (including phenoxy) is 2. The van der Waals surface area contributed by atoms with Crippen LogP contribution in [0.5, 0.6) is 0 Å². The average molecular weight is 244 g/mol. The third-order valence-corrected chi connectivity index (χ3v) is 2.94. The standard InChI is InChI=1S/C12H24N2O3/c1-16-8-9-17-7-6-14-12(15)3-2-11-4-5-13-10-11/h11,13H,2-10H2,1H3,(H,14,15). The van der Waals surface area contributed by atoms with Gasteiger partial charge in [-0.15, -0.1) is 0 Å². The van der Waals surface area contributed by atoms with Crippen molar-refractivity contribution < 1.29 is 14.3 Å². The third-order valence-electron chi connectivity index (χ3n) is 2.94. The molecule has 0 aromatic rings. The molecule has 1 atom stereocenters. The zero-order valence-electron chi connectivity index (χ0n) is 10.7. The topological polar surface area (TPSA) is 59.6 Å². The molecule has 0 radical (unpaired) electrons. The first-order chi connectivity index (χ1) is 8.33. The Morgan fingerprint density at radius 2 is 2.29 bits per heavy atom. The molecule has 0 aromatic carbocycles. The highest BCUT2D eigenvalue weighted by atomic mass is 16.5. The molecule has 2 N–H and O–H groups in total. The molecular weight excluding hydrogens is 220 g/mol. The van der Waals surface area contributed by atoms with Crippen LogP contribution in [0.15, 0.2) is 0 Å². The normalized spacial score (nSPS) is 19.5. The van der Waals surface area contributed by atoms with Gasteiger partial charge in [0.2, 0.25) is 5.91 Å². The van der Waals surface area contributed by atoms with Gasteiger partial charge in [0.05, 0.1) is 19.8 Å². The number of carbonyl (C=O) groups excluding carboxylic acids is 1. The molecule has 1 unspecified atom stereocenters. The molecular formula is C12H24N2O3. The lowest BCUT2D eigenvalue weighted by atomic mass is 10.0. The number of carbonyl (C=O) groups is 1. The van der Waals surface area contributed by atoms with E-state index in [1.807, 2.05) is 0 Å². The van der Waals surface area contributed by atoms with E-state index < -0.39 is 0 Å². The lowest BCUT2D eigenvalue weighted by molar-refractivity contribution is -0.121. The minimum absolute atomic E-state index is 0.132. The maximum atomic E-state index is 11.5. The second kappa shape index (κ2) is 9.39. The van der Waals surface area contributed by atoms with E-state index in [2.05, 4.69) is 10.6 Å². The summed E-state index contributed by atoms with van der Waals surface area (Å²) in [5.74, 6) is 0.811. The van der Waals surface area contributed by atoms with Gasteiger partial charge in [-0.05, 0) is 31.8 Å². The fourth-order valence-electron chi connectivity index (χ4n) is 1.89. The van der Waals surface area contributed by atoms with E-state index in [1.54, 1.807) is 7.11 Å². The van der Waals surface area contributed by atoms with E-state index in [0.29, 0.717) is 38.7 Å². The predicted molar refractivity (Wildman–Crippen MR) is 65.9 cm³/mol. The van der Waals surface area contributed by atoms with Crippen LogP contribution in [0.3, 0.4) is 0 Å². The van der Waals surface area contributed by atoms with Crippen LogP contribution < -0.4 is 10.6 Å². The summed E-state index contributed by atoms with van der Waals surface area (Å²) < 4.78 is 10.1. The molecule has 1 heterocycles. The smallest absolute Gasteiger partial charge is 0.220 e. The molecule has 1 aliphatic heterocycles. The number of methoxy groups -OCH3 is 1. The molecule has 0 aliphatic carbocycles. The van der Waals surface area contributed by atoms with Gasteiger partial charge in [-0.1, -0.05) is 0 Å². The van der Waals surface area contributed by atoms with Gasteiger partial charge in [0.25, 0.3) is 0 Å². The maximum absolute atomic E-state index is 11.5. The molecule has 5 heteroatoms. The molecule has 1 saturated heterocycles. The zero-order valence-corrected chi connectivity index (χ0v) is 10.7. The lowest BCUT2D eigenvalue weighted by Crippen LogP contribution is -2.28. The summed E-state index contributed by atoms with van der Waals surface area (Å²) in [6, 6.07) is 0. The fourth-order valence-corrected chi connectivity index (χ4v) is 1.89. The minimum atomic E-state index is 0.132. The van der Waals surface area contributed by atoms with Gasteiger partial charge in [0, 0.05) is 20.1 Å². The zero-order chi connectivity index (χ0) is 12.3. The Bertz CT molecular complexity index is 206. The van der Waals surface area contributed by atoms with E-state index in [0.717, 1.165) is 19.5 Å². The van der Waals surface area contributed by atoms with Crippen molar-refractivity contribution in [3.8, 4) is 0 Å². The van der Waals surface area contributed by atoms with Crippen molar-refractivity contribution in [2.24, 2.45) is 5.92 Å². The van der Waals surface area contributed by atoms with E-state index >= 15 is 0 Å². The first-order valence-corrected chi connectivity index (χ1v) is 6.37. The van der Waals surface area contributed by atoms with Crippen LogP contribution in [0.25, 0.3) is 0 Å². The van der Waals surface area contributed by atoms with E-state index in [4.69, 9.17) is 9.47 Å². The highest BCUT2D eigenvalue weighted by Crippen LogP contribution is 2.13. The number of hydrogen-bond acceptors (Lipinski definition) is 4. The van der Waals surface area contributed by atoms with Gasteiger partial charge in [0.1, 0.15) is 0 Å². The molecule has 1 aliphatic rings. The van der Waals surface area contributed by atoms with Crippen LogP contribution in [-0.2, 0) is 14.3 Å². The second-order valence-electron chi connectivity index (χ2n) is 4.35. The van der Waals surface area contributed by atoms with Crippen molar-refractivity contribution in [2.75, 3.05) is 46.6 Å². The van der Waals surface area contributed by atoms with E-state index in [1.165, 1.54) is 6.42 Å². The first kappa shape index (κ1) is 14.4. The third kappa shape index (κ3) is 7.31. The van der Waals surface area contributed by atoms with Crippen molar-refractivity contribution >= 4 is 5.91 Å². The van der Waals surface area contributed by atoms with Gasteiger partial charge < -0.3 is 20.1 Å². The Labute approximate surface area is 103 Å². The molecule has 0 bridgehead atoms. The average Bonchev–Trinajstić information content (AvgIpc) is 2.84. The largest absolute Gasteiger partial charge is 0.382 e. The fraction of sp³-hybridized carbons (Fsp3) is 0.917. The van der Waals surface area contributed by atoms with Crippen molar-refractivity contribution in [1.82, 2.24) is 10.6 Å². The minimum Gasteiger partial charge on any atom is -0.382 e. The second-order valence-corrected chi connectivity index (χ2v) is 4.35. The Kier molecular flexibility index (Phi) is 7.96. The van der Waals surface area contributed by atoms with Crippen molar-refractivity contribution in [3.63, 3.8) is 0 Å². The predicted octanol–water partition coefficient (Wildman–Crippen LogP) is 0.155. The summed E-state index contributed by atoms with van der Waals surface area (Å²) in [4.78, 5) is 11.5. The highest BCUT2D eigenvalue weighted by Gasteiger charge is 2.15. The van der Waals surface area contributed by atoms with Crippen LogP contribution in [-0.4, -0.2) is 52.5 Å². The monoisotopic (exact) mass is 244 g/mol. The summed E-state index contributed by atoms with van der Waals surface area (Å²) in [5, 5.41) is 6.16. The molecule has 0 spiro atoms. The Balaban J connectivity index is 1.87. The Hall–Kier alpha value is -0.650. The van der Waals surface area contributed by atoms with Crippen molar-refractivity contribution in [2.45, 2.75) is 19.3 Å². The maximum Gasteiger partial charge on any atom is 0.220 e. The van der Waals surface area contributed by atoms with Gasteiger partial charge in [-0.3, -0.25) is 4.79 Å². The number of hydrogen-bond donors (Lipinski definition) is 2. The highest BCUT2D eigenvalue weighted by molar-refractivity contribution is 5.75. The van der Waals surface area contributed by atoms with Crippen molar-refractivity contribution in [3.05, 3.63) is 0 Å². The van der Waals surface area contributed by atoms with Gasteiger partial charge in [-0.2, -0.15) is 0 Å². The molecule has 17 heavy (non-hydrogen) atoms. The Morgan fingerprint density at radius 3 is 3.00 bits per heavy atom. The molecule has 5 nitrogen and oxygen atoms in total. The lowest BCUT2D eigenvalue weighted by Gasteiger charge is -2.09. The van der Waals surface area contributed by atoms with Crippen LogP contribution in [0.1, 0.15) is 19.3 Å². The molecule has 100 valence electrons. The number of amides is 1. The van der Waals surface area contributed by atoms with E-state index in [9.17, 15) is 4.79 Å². The first-order valence-electron chi connectivity index (χ1n) is 6.37. The summed E-state index contributed by atoms with van der Waals surface area (Å²) in [5.41, 5.74) is 0. The summed E-state index contributed by atoms with van der Waals surface area (Å²) in [6.07, 6.45) is 2.82. The molecule has 0 aromatic heterocycles. The van der Waals surface area contributed by atoms with E-state index in [-0.39, 0.29) is 5.91 Å². The molecule has 0 saturated carbocycles. The van der Waals surface area contributed by atoms with Crippen LogP contribution in [0, 0.1) is 5.92 Å².